The number of hydrogen-bond acceptors (Lipinski definition) is 3. The number of aromatic nitrogens is 3. The van der Waals surface area contributed by atoms with Crippen LogP contribution in [0.4, 0.5) is 4.39 Å². The molecule has 0 spiro atoms. The molecule has 1 aromatic carbocycles. The van der Waals surface area contributed by atoms with Crippen molar-refractivity contribution in [2.24, 2.45) is 5.73 Å². The fraction of sp³-hybridized carbons (Fsp3) is 0. The van der Waals surface area contributed by atoms with Gasteiger partial charge in [-0.1, -0.05) is 18.2 Å². The van der Waals surface area contributed by atoms with E-state index >= 15 is 0 Å². The second-order valence-corrected chi connectivity index (χ2v) is 4.38. The van der Waals surface area contributed by atoms with Gasteiger partial charge in [0.2, 0.25) is 0 Å². The van der Waals surface area contributed by atoms with Crippen LogP contribution in [-0.4, -0.2) is 21.1 Å². The van der Waals surface area contributed by atoms with Gasteiger partial charge in [-0.15, -0.1) is 0 Å². The topological polar surface area (TPSA) is 84.7 Å². The summed E-state index contributed by atoms with van der Waals surface area (Å²) in [6.07, 6.45) is 6.11. The first-order valence-electron chi connectivity index (χ1n) is 6.14. The molecule has 3 rings (SSSR count). The molecule has 1 amide bonds. The maximum atomic E-state index is 12.8. The minimum absolute atomic E-state index is 0.286. The molecule has 5 nitrogen and oxygen atoms in total. The minimum Gasteiger partial charge on any atom is -0.366 e. The number of halogens is 1. The normalized spacial score (nSPS) is 11.3. The molecule has 21 heavy (non-hydrogen) atoms. The van der Waals surface area contributed by atoms with Gasteiger partial charge in [-0.2, -0.15) is 5.10 Å². The third kappa shape index (κ3) is 2.51. The second kappa shape index (κ2) is 5.16. The van der Waals surface area contributed by atoms with Gasteiger partial charge in [0.15, 0.2) is 0 Å². The highest BCUT2D eigenvalue weighted by atomic mass is 19.1. The molecule has 0 aliphatic heterocycles. The molecule has 0 aliphatic carbocycles. The Morgan fingerprint density at radius 1 is 1.29 bits per heavy atom. The van der Waals surface area contributed by atoms with Gasteiger partial charge in [-0.25, -0.2) is 9.37 Å². The van der Waals surface area contributed by atoms with E-state index in [4.69, 9.17) is 5.73 Å². The number of primary amides is 1. The highest BCUT2D eigenvalue weighted by molar-refractivity contribution is 6.05. The van der Waals surface area contributed by atoms with Gasteiger partial charge in [0.25, 0.3) is 5.91 Å². The number of carbonyl (C=O) groups is 1. The highest BCUT2D eigenvalue weighted by Crippen LogP contribution is 2.18. The number of aromatic amines is 1. The van der Waals surface area contributed by atoms with Crippen LogP contribution in [0, 0.1) is 12.0 Å². The predicted molar refractivity (Wildman–Crippen MR) is 76.6 cm³/mol. The molecule has 2 heterocycles. The van der Waals surface area contributed by atoms with Crippen LogP contribution in [0.2, 0.25) is 0 Å². The zero-order valence-electron chi connectivity index (χ0n) is 10.8. The summed E-state index contributed by atoms with van der Waals surface area (Å²) in [4.78, 5) is 15.4. The number of benzene rings is 1. The van der Waals surface area contributed by atoms with Gasteiger partial charge in [-0.3, -0.25) is 9.89 Å². The van der Waals surface area contributed by atoms with Gasteiger partial charge >= 0.3 is 0 Å². The second-order valence-electron chi connectivity index (χ2n) is 4.38. The van der Waals surface area contributed by atoms with Gasteiger partial charge < -0.3 is 5.73 Å². The van der Waals surface area contributed by atoms with Crippen molar-refractivity contribution in [3.63, 3.8) is 0 Å². The third-order valence-corrected chi connectivity index (χ3v) is 2.99. The molecule has 2 aromatic heterocycles. The van der Waals surface area contributed by atoms with Crippen molar-refractivity contribution in [1.29, 1.82) is 0 Å². The molecule has 0 unspecified atom stereocenters. The van der Waals surface area contributed by atoms with Crippen LogP contribution in [-0.2, 0) is 0 Å². The monoisotopic (exact) mass is 281 g/mol. The van der Waals surface area contributed by atoms with Crippen molar-refractivity contribution in [3.8, 4) is 0 Å². The van der Waals surface area contributed by atoms with E-state index in [0.29, 0.717) is 16.7 Å². The minimum atomic E-state index is -0.573. The average Bonchev–Trinajstić information content (AvgIpc) is 2.89. The molecule has 0 saturated heterocycles. The molecule has 0 bridgehead atoms. The number of H-pyrrole nitrogens is 1. The molecule has 0 saturated carbocycles. The molecule has 3 N–H and O–H groups in total. The van der Waals surface area contributed by atoms with Crippen LogP contribution in [0.15, 0.2) is 30.3 Å². The van der Waals surface area contributed by atoms with E-state index in [1.807, 2.05) is 0 Å². The summed E-state index contributed by atoms with van der Waals surface area (Å²) in [5.41, 5.74) is 7.91. The van der Waals surface area contributed by atoms with E-state index in [0.717, 1.165) is 5.56 Å². The maximum Gasteiger partial charge on any atom is 0.251 e. The van der Waals surface area contributed by atoms with Crippen molar-refractivity contribution in [3.05, 3.63) is 59.2 Å². The number of carbonyl (C=O) groups excluding carboxylic acids is 1. The van der Waals surface area contributed by atoms with Crippen LogP contribution in [0.25, 0.3) is 23.2 Å². The van der Waals surface area contributed by atoms with Crippen molar-refractivity contribution in [1.82, 2.24) is 15.2 Å². The molecule has 1 radical (unpaired) electrons. The van der Waals surface area contributed by atoms with Crippen molar-refractivity contribution < 1.29 is 9.18 Å². The van der Waals surface area contributed by atoms with Crippen LogP contribution < -0.4 is 5.73 Å². The first kappa shape index (κ1) is 13.0. The summed E-state index contributed by atoms with van der Waals surface area (Å²) in [5.74, 6) is -0.865. The summed E-state index contributed by atoms with van der Waals surface area (Å²) in [6, 6.07) is 7.46. The van der Waals surface area contributed by atoms with Gasteiger partial charge in [-0.05, 0) is 29.8 Å². The Labute approximate surface area is 119 Å². The van der Waals surface area contributed by atoms with Crippen LogP contribution in [0.3, 0.4) is 0 Å². The number of hydrogen-bond donors (Lipinski definition) is 2. The first-order chi connectivity index (χ1) is 10.1. The molecular formula is C15H10FN4O. The molecule has 0 fully saturated rings. The lowest BCUT2D eigenvalue weighted by molar-refractivity contribution is 0.100. The van der Waals surface area contributed by atoms with Gasteiger partial charge in [0.1, 0.15) is 17.0 Å². The van der Waals surface area contributed by atoms with E-state index < -0.39 is 5.91 Å². The summed E-state index contributed by atoms with van der Waals surface area (Å²) >= 11 is 0. The van der Waals surface area contributed by atoms with Gasteiger partial charge in [0.05, 0.1) is 17.3 Å². The number of nitrogens with two attached hydrogens (primary N) is 1. The Morgan fingerprint density at radius 2 is 2.05 bits per heavy atom. The maximum absolute atomic E-state index is 12.8. The fourth-order valence-corrected chi connectivity index (χ4v) is 1.94. The lowest BCUT2D eigenvalue weighted by Gasteiger charge is -1.95. The number of pyridine rings is 1. The SMILES string of the molecule is NC(=O)c1c[c]nc2c(/C=C/c3ccc(F)cc3)n[nH]c12. The standard InChI is InChI=1S/C15H10FN4O/c16-10-4-1-9(2-5-10)3-6-12-14-13(20-19-12)11(15(17)21)7-8-18-14/h1-7H,(H2,17,21)(H,19,20)/b6-3+. The molecule has 0 atom stereocenters. The summed E-state index contributed by atoms with van der Waals surface area (Å²) in [6.45, 7) is 0. The van der Waals surface area contributed by atoms with Crippen molar-refractivity contribution in [2.75, 3.05) is 0 Å². The Kier molecular flexibility index (Phi) is 3.19. The number of fused-ring (bicyclic) bond motifs is 1. The Balaban J connectivity index is 2.00. The summed E-state index contributed by atoms with van der Waals surface area (Å²) < 4.78 is 12.8. The average molecular weight is 281 g/mol. The first-order valence-corrected chi connectivity index (χ1v) is 6.14. The van der Waals surface area contributed by atoms with E-state index in [1.165, 1.54) is 18.2 Å². The Hall–Kier alpha value is -3.02. The Morgan fingerprint density at radius 3 is 2.76 bits per heavy atom. The quantitative estimate of drug-likeness (QED) is 0.771. The van der Waals surface area contributed by atoms with Crippen LogP contribution in [0.5, 0.6) is 0 Å². The number of nitrogens with zero attached hydrogens (tertiary/aromatic N) is 2. The number of rotatable bonds is 3. The van der Waals surface area contributed by atoms with E-state index in [2.05, 4.69) is 21.4 Å². The van der Waals surface area contributed by atoms with E-state index in [-0.39, 0.29) is 11.4 Å². The molecule has 0 aliphatic rings. The van der Waals surface area contributed by atoms with E-state index in [9.17, 15) is 9.18 Å². The van der Waals surface area contributed by atoms with Crippen LogP contribution in [0.1, 0.15) is 21.6 Å². The van der Waals surface area contributed by atoms with Crippen molar-refractivity contribution >= 4 is 29.1 Å². The zero-order chi connectivity index (χ0) is 14.8. The molecule has 6 heteroatoms. The lowest BCUT2D eigenvalue weighted by atomic mass is 10.1. The highest BCUT2D eigenvalue weighted by Gasteiger charge is 2.12. The smallest absolute Gasteiger partial charge is 0.251 e. The molecule has 103 valence electrons. The van der Waals surface area contributed by atoms with Crippen LogP contribution >= 0.6 is 0 Å². The van der Waals surface area contributed by atoms with E-state index in [1.54, 1.807) is 24.3 Å². The number of amides is 1. The summed E-state index contributed by atoms with van der Waals surface area (Å²) in [7, 11) is 0. The largest absolute Gasteiger partial charge is 0.366 e. The Bertz CT molecular complexity index is 837. The van der Waals surface area contributed by atoms with Gasteiger partial charge in [0, 0.05) is 0 Å². The number of nitrogens with one attached hydrogen (secondary N) is 1. The fourth-order valence-electron chi connectivity index (χ4n) is 1.94. The zero-order valence-corrected chi connectivity index (χ0v) is 10.8. The molecular weight excluding hydrogens is 271 g/mol. The third-order valence-electron chi connectivity index (χ3n) is 2.99. The lowest BCUT2D eigenvalue weighted by Crippen LogP contribution is -2.11. The van der Waals surface area contributed by atoms with Crippen molar-refractivity contribution in [2.45, 2.75) is 0 Å². The molecule has 3 aromatic rings. The predicted octanol–water partition coefficient (Wildman–Crippen LogP) is 2.17. The summed E-state index contributed by atoms with van der Waals surface area (Å²) in [5, 5.41) is 6.83.